The Morgan fingerprint density at radius 3 is 2.35 bits per heavy atom. The van der Waals surface area contributed by atoms with Gasteiger partial charge >= 0.3 is 11.8 Å². The summed E-state index contributed by atoms with van der Waals surface area (Å²) in [6.45, 7) is 8.37. The van der Waals surface area contributed by atoms with Crippen LogP contribution in [0.2, 0.25) is 0 Å². The van der Waals surface area contributed by atoms with Crippen molar-refractivity contribution in [3.05, 3.63) is 22.0 Å². The van der Waals surface area contributed by atoms with Gasteiger partial charge in [0.2, 0.25) is 5.69 Å². The predicted octanol–water partition coefficient (Wildman–Crippen LogP) is 5.51. The maximum Gasteiger partial charge on any atom is 0.410 e. The largest absolute Gasteiger partial charge is 0.444 e. The molecule has 9 nitrogen and oxygen atoms in total. The van der Waals surface area contributed by atoms with Gasteiger partial charge in [0, 0.05) is 26.3 Å². The van der Waals surface area contributed by atoms with Crippen molar-refractivity contribution < 1.29 is 28.0 Å². The third kappa shape index (κ3) is 7.35. The number of nitrogens with zero attached hydrogens (tertiary/aromatic N) is 4. The van der Waals surface area contributed by atoms with Crippen molar-refractivity contribution in [3.8, 4) is 0 Å². The van der Waals surface area contributed by atoms with Gasteiger partial charge in [-0.25, -0.2) is 13.6 Å². The fraction of sp³-hybridized carbons (Fsp3) is 0.826. The second-order valence-electron chi connectivity index (χ2n) is 10.4. The average Bonchev–Trinajstić information content (AvgIpc) is 3.23. The van der Waals surface area contributed by atoms with Crippen LogP contribution in [0.5, 0.6) is 0 Å². The fourth-order valence-electron chi connectivity index (χ4n) is 4.69. The van der Waals surface area contributed by atoms with E-state index >= 15 is 0 Å². The van der Waals surface area contributed by atoms with Crippen LogP contribution in [0.4, 0.5) is 19.3 Å². The molecule has 0 bridgehead atoms. The van der Waals surface area contributed by atoms with Crippen molar-refractivity contribution >= 4 is 11.8 Å². The van der Waals surface area contributed by atoms with Crippen LogP contribution in [0.25, 0.3) is 0 Å². The molecule has 0 unspecified atom stereocenters. The van der Waals surface area contributed by atoms with E-state index in [-0.39, 0.29) is 12.1 Å². The Balaban J connectivity index is 1.32. The van der Waals surface area contributed by atoms with Crippen LogP contribution >= 0.6 is 0 Å². The molecule has 0 aromatic carbocycles. The van der Waals surface area contributed by atoms with Gasteiger partial charge in [-0.15, -0.1) is 0 Å². The molecule has 1 aliphatic carbocycles. The Morgan fingerprint density at radius 1 is 1.18 bits per heavy atom. The topological polar surface area (TPSA) is 99.7 Å². The molecule has 34 heavy (non-hydrogen) atoms. The Labute approximate surface area is 198 Å². The van der Waals surface area contributed by atoms with Crippen LogP contribution in [0, 0.1) is 22.0 Å². The van der Waals surface area contributed by atoms with E-state index in [0.29, 0.717) is 38.1 Å². The number of halogens is 2. The number of piperidine rings is 1. The Kier molecular flexibility index (Phi) is 8.83. The summed E-state index contributed by atoms with van der Waals surface area (Å²) in [5, 5.41) is 14.8. The lowest BCUT2D eigenvalue weighted by Crippen LogP contribution is -2.41. The molecule has 1 aromatic heterocycles. The van der Waals surface area contributed by atoms with E-state index in [2.05, 4.69) is 5.10 Å². The van der Waals surface area contributed by atoms with E-state index < -0.39 is 28.3 Å². The number of nitro groups is 1. The van der Waals surface area contributed by atoms with E-state index in [1.807, 2.05) is 20.8 Å². The zero-order valence-electron chi connectivity index (χ0n) is 20.3. The maximum atomic E-state index is 13.0. The summed E-state index contributed by atoms with van der Waals surface area (Å²) in [7, 11) is 0. The summed E-state index contributed by atoms with van der Waals surface area (Å²) in [6.07, 6.45) is 4.00. The number of amides is 1. The van der Waals surface area contributed by atoms with Crippen LogP contribution in [-0.4, -0.2) is 57.6 Å². The number of carbonyl (C=O) groups excluding carboxylic acids is 1. The number of aromatic nitrogens is 2. The van der Waals surface area contributed by atoms with Crippen molar-refractivity contribution in [3.63, 3.8) is 0 Å². The molecule has 192 valence electrons. The number of hydrogen-bond acceptors (Lipinski definition) is 6. The van der Waals surface area contributed by atoms with Crippen molar-refractivity contribution in [2.75, 3.05) is 26.3 Å². The van der Waals surface area contributed by atoms with Crippen molar-refractivity contribution in [1.29, 1.82) is 0 Å². The van der Waals surface area contributed by atoms with Crippen molar-refractivity contribution in [2.45, 2.75) is 83.8 Å². The fourth-order valence-corrected chi connectivity index (χ4v) is 4.69. The molecule has 3 rings (SSSR count). The first-order valence-electron chi connectivity index (χ1n) is 12.1. The van der Waals surface area contributed by atoms with E-state index in [4.69, 9.17) is 9.47 Å². The maximum absolute atomic E-state index is 13.0. The molecule has 2 fully saturated rings. The summed E-state index contributed by atoms with van der Waals surface area (Å²) in [5.74, 6) is 0.930. The molecule has 0 N–H and O–H groups in total. The summed E-state index contributed by atoms with van der Waals surface area (Å²) in [4.78, 5) is 24.1. The first kappa shape index (κ1) is 26.3. The van der Waals surface area contributed by atoms with E-state index in [1.165, 1.54) is 4.68 Å². The average molecular weight is 487 g/mol. The molecule has 0 spiro atoms. The van der Waals surface area contributed by atoms with Gasteiger partial charge in [-0.05, 0) is 77.6 Å². The minimum absolute atomic E-state index is 0.0994. The molecular weight excluding hydrogens is 450 g/mol. The summed E-state index contributed by atoms with van der Waals surface area (Å²) < 4.78 is 38.8. The highest BCUT2D eigenvalue weighted by atomic mass is 19.3. The summed E-state index contributed by atoms with van der Waals surface area (Å²) in [6, 6.07) is -0.0994. The highest BCUT2D eigenvalue weighted by Gasteiger charge is 2.31. The smallest absolute Gasteiger partial charge is 0.410 e. The van der Waals surface area contributed by atoms with E-state index in [1.54, 1.807) is 4.90 Å². The number of carbonyl (C=O) groups is 1. The monoisotopic (exact) mass is 486 g/mol. The highest BCUT2D eigenvalue weighted by molar-refractivity contribution is 5.68. The molecule has 1 saturated carbocycles. The number of ether oxygens (including phenoxy) is 2. The highest BCUT2D eigenvalue weighted by Crippen LogP contribution is 2.35. The zero-order chi connectivity index (χ0) is 24.9. The minimum Gasteiger partial charge on any atom is -0.444 e. The predicted molar refractivity (Wildman–Crippen MR) is 121 cm³/mol. The molecule has 1 amide bonds. The molecule has 1 aliphatic heterocycles. The second-order valence-corrected chi connectivity index (χ2v) is 10.4. The van der Waals surface area contributed by atoms with Gasteiger partial charge in [-0.2, -0.15) is 5.10 Å². The molecule has 1 aromatic rings. The zero-order valence-corrected chi connectivity index (χ0v) is 20.3. The molecule has 1 saturated heterocycles. The Morgan fingerprint density at radius 2 is 1.82 bits per heavy atom. The molecular formula is C23H36F2N4O5. The lowest BCUT2D eigenvalue weighted by Gasteiger charge is -2.33. The van der Waals surface area contributed by atoms with Gasteiger partial charge in [-0.1, -0.05) is 0 Å². The second kappa shape index (κ2) is 11.4. The van der Waals surface area contributed by atoms with Gasteiger partial charge in [-0.3, -0.25) is 14.8 Å². The third-order valence-electron chi connectivity index (χ3n) is 6.62. The molecule has 2 heterocycles. The van der Waals surface area contributed by atoms with Gasteiger partial charge < -0.3 is 14.4 Å². The normalized spacial score (nSPS) is 22.2. The van der Waals surface area contributed by atoms with Gasteiger partial charge in [0.1, 0.15) is 11.8 Å². The number of alkyl halides is 2. The van der Waals surface area contributed by atoms with Crippen molar-refractivity contribution in [1.82, 2.24) is 14.7 Å². The lowest BCUT2D eigenvalue weighted by molar-refractivity contribution is -0.386. The van der Waals surface area contributed by atoms with Crippen molar-refractivity contribution in [2.24, 2.45) is 11.8 Å². The van der Waals surface area contributed by atoms with Gasteiger partial charge in [0.25, 0.3) is 6.43 Å². The quantitative estimate of drug-likeness (QED) is 0.273. The minimum atomic E-state index is -2.96. The SMILES string of the molecule is CC(C)(C)OC(=O)N1CCC(CCOCC2CCC(n3cc([N+](=O)[O-])c(C(F)F)n3)CC2)CC1. The summed E-state index contributed by atoms with van der Waals surface area (Å²) >= 11 is 0. The van der Waals surface area contributed by atoms with Gasteiger partial charge in [0.05, 0.1) is 11.0 Å². The molecule has 0 atom stereocenters. The van der Waals surface area contributed by atoms with Crippen LogP contribution in [-0.2, 0) is 9.47 Å². The standard InChI is InChI=1S/C23H36F2N4O5/c1-23(2,3)34-22(30)27-11-8-16(9-12-27)10-13-33-15-17-4-6-18(7-5-17)28-14-19(29(31)32)20(26-28)21(24)25/h14,16-18,21H,4-13,15H2,1-3H3. The van der Waals surface area contributed by atoms with E-state index in [0.717, 1.165) is 51.1 Å². The molecule has 2 aliphatic rings. The van der Waals surface area contributed by atoms with Crippen LogP contribution in [0.1, 0.15) is 83.9 Å². The van der Waals surface area contributed by atoms with E-state index in [9.17, 15) is 23.7 Å². The van der Waals surface area contributed by atoms with Crippen LogP contribution in [0.15, 0.2) is 6.20 Å². The Hall–Kier alpha value is -2.30. The van der Waals surface area contributed by atoms with Crippen LogP contribution < -0.4 is 0 Å². The lowest BCUT2D eigenvalue weighted by atomic mass is 9.86. The first-order chi connectivity index (χ1) is 16.0. The summed E-state index contributed by atoms with van der Waals surface area (Å²) in [5.41, 5.74) is -1.85. The number of hydrogen-bond donors (Lipinski definition) is 0. The number of likely N-dealkylation sites (tertiary alicyclic amines) is 1. The molecule has 11 heteroatoms. The molecule has 0 radical (unpaired) electrons. The Bertz CT molecular complexity index is 826. The third-order valence-corrected chi connectivity index (χ3v) is 6.62. The van der Waals surface area contributed by atoms with Gasteiger partial charge in [0.15, 0.2) is 0 Å². The van der Waals surface area contributed by atoms with Crippen LogP contribution in [0.3, 0.4) is 0 Å². The number of rotatable bonds is 8. The first-order valence-corrected chi connectivity index (χ1v) is 12.1.